The van der Waals surface area contributed by atoms with Gasteiger partial charge in [0.25, 0.3) is 0 Å². The van der Waals surface area contributed by atoms with Gasteiger partial charge in [0.15, 0.2) is 0 Å². The number of fused-ring (bicyclic) bond motifs is 9. The summed E-state index contributed by atoms with van der Waals surface area (Å²) in [6, 6.07) is 42.7. The number of furan rings is 1. The van der Waals surface area contributed by atoms with Gasteiger partial charge in [0.1, 0.15) is 11.2 Å². The third-order valence-electron chi connectivity index (χ3n) is 11.0. The molecule has 224 valence electrons. The van der Waals surface area contributed by atoms with E-state index in [1.807, 2.05) is 6.07 Å². The molecule has 2 nitrogen and oxygen atoms in total. The first kappa shape index (κ1) is 27.2. The first-order valence-electron chi connectivity index (χ1n) is 16.4. The average Bonchev–Trinajstić information content (AvgIpc) is 3.62. The molecule has 1 heterocycles. The van der Waals surface area contributed by atoms with E-state index >= 15 is 0 Å². The summed E-state index contributed by atoms with van der Waals surface area (Å²) >= 11 is 0. The summed E-state index contributed by atoms with van der Waals surface area (Å²) in [5, 5.41) is 2.26. The van der Waals surface area contributed by atoms with Crippen LogP contribution in [0.1, 0.15) is 61.1 Å². The Morgan fingerprint density at radius 1 is 0.478 bits per heavy atom. The second-order valence-electron chi connectivity index (χ2n) is 14.3. The Bertz CT molecular complexity index is 2400. The van der Waals surface area contributed by atoms with Crippen molar-refractivity contribution in [3.8, 4) is 22.3 Å². The number of benzene rings is 6. The highest BCUT2D eigenvalue weighted by molar-refractivity contribution is 6.13. The largest absolute Gasteiger partial charge is 0.456 e. The van der Waals surface area contributed by atoms with E-state index in [9.17, 15) is 0 Å². The van der Waals surface area contributed by atoms with Crippen LogP contribution in [0.25, 0.3) is 44.2 Å². The SMILES string of the molecule is Cc1cc2c(cc1C)C(C)(C)c1ccc(N(c3ccc4c(c3)C(C)(C)c3ccccc3-4)c3cccc4oc5ccccc5c34)cc1-2. The molecule has 46 heavy (non-hydrogen) atoms. The van der Waals surface area contributed by atoms with Gasteiger partial charge in [-0.1, -0.05) is 100 Å². The number of anilines is 3. The van der Waals surface area contributed by atoms with E-state index in [0.29, 0.717) is 0 Å². The fraction of sp³-hybridized carbons (Fsp3) is 0.182. The number of hydrogen-bond donors (Lipinski definition) is 0. The molecule has 0 amide bonds. The topological polar surface area (TPSA) is 16.4 Å². The zero-order chi connectivity index (χ0) is 31.5. The summed E-state index contributed by atoms with van der Waals surface area (Å²) in [5.74, 6) is 0. The van der Waals surface area contributed by atoms with Gasteiger partial charge in [-0.2, -0.15) is 0 Å². The molecule has 0 fully saturated rings. The molecule has 0 saturated carbocycles. The van der Waals surface area contributed by atoms with Crippen molar-refractivity contribution in [1.82, 2.24) is 0 Å². The van der Waals surface area contributed by atoms with E-state index in [0.717, 1.165) is 39.0 Å². The molecule has 0 spiro atoms. The second-order valence-corrected chi connectivity index (χ2v) is 14.3. The van der Waals surface area contributed by atoms with Gasteiger partial charge in [-0.3, -0.25) is 0 Å². The maximum atomic E-state index is 6.41. The molecule has 0 unspecified atom stereocenters. The van der Waals surface area contributed by atoms with E-state index < -0.39 is 0 Å². The van der Waals surface area contributed by atoms with Gasteiger partial charge in [-0.15, -0.1) is 0 Å². The molecule has 0 radical (unpaired) electrons. The molecular formula is C44H37NO. The third-order valence-corrected chi connectivity index (χ3v) is 11.0. The van der Waals surface area contributed by atoms with Crippen LogP contribution in [0.2, 0.25) is 0 Å². The van der Waals surface area contributed by atoms with Crippen LogP contribution in [0.5, 0.6) is 0 Å². The van der Waals surface area contributed by atoms with Crippen LogP contribution in [0.15, 0.2) is 120 Å². The molecule has 0 N–H and O–H groups in total. The smallest absolute Gasteiger partial charge is 0.137 e. The van der Waals surface area contributed by atoms with Gasteiger partial charge in [0, 0.05) is 27.6 Å². The molecule has 2 aliphatic carbocycles. The Balaban J connectivity index is 1.32. The van der Waals surface area contributed by atoms with E-state index in [-0.39, 0.29) is 10.8 Å². The van der Waals surface area contributed by atoms with E-state index in [1.54, 1.807) is 0 Å². The van der Waals surface area contributed by atoms with Crippen molar-refractivity contribution < 1.29 is 4.42 Å². The van der Waals surface area contributed by atoms with Gasteiger partial charge >= 0.3 is 0 Å². The van der Waals surface area contributed by atoms with Gasteiger partial charge < -0.3 is 9.32 Å². The Kier molecular flexibility index (Phi) is 5.47. The maximum Gasteiger partial charge on any atom is 0.137 e. The molecule has 2 heteroatoms. The highest BCUT2D eigenvalue weighted by Gasteiger charge is 2.38. The lowest BCUT2D eigenvalue weighted by Crippen LogP contribution is -2.17. The number of nitrogens with zero attached hydrogens (tertiary/aromatic N) is 1. The van der Waals surface area contributed by atoms with E-state index in [4.69, 9.17) is 4.42 Å². The fourth-order valence-electron chi connectivity index (χ4n) is 8.34. The summed E-state index contributed by atoms with van der Waals surface area (Å²) in [6.07, 6.45) is 0. The average molecular weight is 596 g/mol. The van der Waals surface area contributed by atoms with Gasteiger partial charge in [0.2, 0.25) is 0 Å². The highest BCUT2D eigenvalue weighted by atomic mass is 16.3. The minimum absolute atomic E-state index is 0.0589. The predicted molar refractivity (Wildman–Crippen MR) is 193 cm³/mol. The quantitative estimate of drug-likeness (QED) is 0.202. The predicted octanol–water partition coefficient (Wildman–Crippen LogP) is 12.3. The van der Waals surface area contributed by atoms with E-state index in [2.05, 4.69) is 156 Å². The number of para-hydroxylation sites is 1. The van der Waals surface area contributed by atoms with Crippen molar-refractivity contribution in [2.24, 2.45) is 0 Å². The minimum atomic E-state index is -0.0990. The molecule has 6 aromatic carbocycles. The van der Waals surface area contributed by atoms with Crippen LogP contribution < -0.4 is 4.90 Å². The summed E-state index contributed by atoms with van der Waals surface area (Å²) < 4.78 is 6.41. The van der Waals surface area contributed by atoms with Crippen molar-refractivity contribution >= 4 is 39.0 Å². The zero-order valence-electron chi connectivity index (χ0n) is 27.3. The minimum Gasteiger partial charge on any atom is -0.456 e. The van der Waals surface area contributed by atoms with Crippen LogP contribution in [0.3, 0.4) is 0 Å². The summed E-state index contributed by atoms with van der Waals surface area (Å²) in [4.78, 5) is 2.45. The van der Waals surface area contributed by atoms with Gasteiger partial charge in [-0.05, 0) is 112 Å². The van der Waals surface area contributed by atoms with Crippen molar-refractivity contribution in [2.45, 2.75) is 52.4 Å². The van der Waals surface area contributed by atoms with Crippen LogP contribution in [0, 0.1) is 13.8 Å². The van der Waals surface area contributed by atoms with Gasteiger partial charge in [0.05, 0.1) is 11.1 Å². The highest BCUT2D eigenvalue weighted by Crippen LogP contribution is 2.54. The van der Waals surface area contributed by atoms with Crippen molar-refractivity contribution in [3.05, 3.63) is 149 Å². The molecule has 2 aliphatic rings. The Morgan fingerprint density at radius 3 is 1.93 bits per heavy atom. The fourth-order valence-corrected chi connectivity index (χ4v) is 8.34. The van der Waals surface area contributed by atoms with Crippen molar-refractivity contribution in [1.29, 1.82) is 0 Å². The molecule has 1 aromatic heterocycles. The Hall–Kier alpha value is -5.08. The molecule has 0 saturated heterocycles. The second kappa shape index (κ2) is 9.23. The molecule has 9 rings (SSSR count). The molecule has 0 atom stereocenters. The lowest BCUT2D eigenvalue weighted by molar-refractivity contribution is 0.659. The lowest BCUT2D eigenvalue weighted by Gasteiger charge is -2.29. The van der Waals surface area contributed by atoms with Crippen LogP contribution in [0.4, 0.5) is 17.1 Å². The maximum absolute atomic E-state index is 6.41. The van der Waals surface area contributed by atoms with Crippen molar-refractivity contribution in [3.63, 3.8) is 0 Å². The monoisotopic (exact) mass is 595 g/mol. The standard InChI is InChI=1S/C44H37NO/c1-26-22-33-34-24-28(19-21-36(34)44(5,6)37(33)23-27(26)2)45(39-15-11-17-41-42(39)32-13-8-10-16-40(32)46-41)29-18-20-31-30-12-7-9-14-35(30)43(3,4)38(31)25-29/h7-25H,1-6H3. The number of aryl methyl sites for hydroxylation is 2. The summed E-state index contributed by atoms with van der Waals surface area (Å²) in [5.41, 5.74) is 18.6. The summed E-state index contributed by atoms with van der Waals surface area (Å²) in [7, 11) is 0. The zero-order valence-corrected chi connectivity index (χ0v) is 27.3. The molecular weight excluding hydrogens is 558 g/mol. The first-order chi connectivity index (χ1) is 22.1. The molecule has 0 aliphatic heterocycles. The first-order valence-corrected chi connectivity index (χ1v) is 16.4. The Labute approximate surface area is 270 Å². The van der Waals surface area contributed by atoms with Crippen LogP contribution >= 0.6 is 0 Å². The summed E-state index contributed by atoms with van der Waals surface area (Å²) in [6.45, 7) is 13.9. The molecule has 7 aromatic rings. The lowest BCUT2D eigenvalue weighted by atomic mass is 9.81. The Morgan fingerprint density at radius 2 is 1.09 bits per heavy atom. The van der Waals surface area contributed by atoms with Crippen molar-refractivity contribution in [2.75, 3.05) is 4.90 Å². The number of hydrogen-bond acceptors (Lipinski definition) is 2. The normalized spacial score (nSPS) is 15.1. The van der Waals surface area contributed by atoms with E-state index in [1.165, 1.54) is 55.6 Å². The van der Waals surface area contributed by atoms with Crippen LogP contribution in [-0.4, -0.2) is 0 Å². The third kappa shape index (κ3) is 3.59. The number of rotatable bonds is 3. The van der Waals surface area contributed by atoms with Crippen LogP contribution in [-0.2, 0) is 10.8 Å². The molecule has 0 bridgehead atoms. The van der Waals surface area contributed by atoms with Gasteiger partial charge in [-0.25, -0.2) is 0 Å².